The number of nitrogens with two attached hydrogens (primary N) is 1. The summed E-state index contributed by atoms with van der Waals surface area (Å²) in [6, 6.07) is 15.7. The highest BCUT2D eigenvalue weighted by Gasteiger charge is 1.91. The van der Waals surface area contributed by atoms with Crippen LogP contribution < -0.4 is 10.5 Å². The number of anilines is 1. The molecule has 0 bridgehead atoms. The molecule has 0 aromatic heterocycles. The number of ether oxygens (including phenoxy) is 1. The van der Waals surface area contributed by atoms with E-state index in [4.69, 9.17) is 10.5 Å². The Labute approximate surface area is 101 Å². The fourth-order valence-corrected chi connectivity index (χ4v) is 1.51. The summed E-state index contributed by atoms with van der Waals surface area (Å²) in [6.45, 7) is 0. The SMILES string of the molecule is COc1ccc(/C=C/c2ccc(N)cc2)cc1. The lowest BCUT2D eigenvalue weighted by atomic mass is 10.1. The van der Waals surface area contributed by atoms with Gasteiger partial charge in [0.05, 0.1) is 7.11 Å². The second-order valence-corrected chi connectivity index (χ2v) is 3.77. The lowest BCUT2D eigenvalue weighted by Gasteiger charge is -1.99. The summed E-state index contributed by atoms with van der Waals surface area (Å²) in [6.07, 6.45) is 4.12. The van der Waals surface area contributed by atoms with Crippen molar-refractivity contribution in [2.45, 2.75) is 0 Å². The van der Waals surface area contributed by atoms with Crippen LogP contribution in [0.4, 0.5) is 5.69 Å². The summed E-state index contributed by atoms with van der Waals surface area (Å²) in [5.41, 5.74) is 8.69. The molecule has 2 aromatic carbocycles. The molecule has 2 heteroatoms. The summed E-state index contributed by atoms with van der Waals surface area (Å²) in [5.74, 6) is 0.870. The molecule has 0 radical (unpaired) electrons. The minimum atomic E-state index is 0.784. The smallest absolute Gasteiger partial charge is 0.118 e. The van der Waals surface area contributed by atoms with E-state index in [1.807, 2.05) is 48.5 Å². The van der Waals surface area contributed by atoms with Crippen molar-refractivity contribution in [2.24, 2.45) is 0 Å². The summed E-state index contributed by atoms with van der Waals surface area (Å²) in [7, 11) is 1.67. The molecule has 0 aliphatic rings. The first-order chi connectivity index (χ1) is 8.28. The molecule has 0 spiro atoms. The topological polar surface area (TPSA) is 35.2 Å². The number of hydrogen-bond acceptors (Lipinski definition) is 2. The van der Waals surface area contributed by atoms with Crippen molar-refractivity contribution in [3.63, 3.8) is 0 Å². The van der Waals surface area contributed by atoms with Gasteiger partial charge in [-0.2, -0.15) is 0 Å². The summed E-state index contributed by atoms with van der Waals surface area (Å²) < 4.78 is 5.11. The van der Waals surface area contributed by atoms with Crippen LogP contribution in [-0.2, 0) is 0 Å². The lowest BCUT2D eigenvalue weighted by molar-refractivity contribution is 0.415. The normalized spacial score (nSPS) is 10.6. The molecule has 2 nitrogen and oxygen atoms in total. The van der Waals surface area contributed by atoms with Gasteiger partial charge in [0.2, 0.25) is 0 Å². The van der Waals surface area contributed by atoms with Gasteiger partial charge >= 0.3 is 0 Å². The predicted molar refractivity (Wildman–Crippen MR) is 72.8 cm³/mol. The van der Waals surface area contributed by atoms with E-state index >= 15 is 0 Å². The van der Waals surface area contributed by atoms with E-state index < -0.39 is 0 Å². The predicted octanol–water partition coefficient (Wildman–Crippen LogP) is 3.45. The van der Waals surface area contributed by atoms with Crippen molar-refractivity contribution in [1.82, 2.24) is 0 Å². The first-order valence-electron chi connectivity index (χ1n) is 5.45. The number of hydrogen-bond donors (Lipinski definition) is 1. The molecule has 86 valence electrons. The second-order valence-electron chi connectivity index (χ2n) is 3.77. The molecule has 0 heterocycles. The average Bonchev–Trinajstić information content (AvgIpc) is 2.39. The maximum Gasteiger partial charge on any atom is 0.118 e. The molecular weight excluding hydrogens is 210 g/mol. The van der Waals surface area contributed by atoms with Crippen LogP contribution in [0, 0.1) is 0 Å². The van der Waals surface area contributed by atoms with Crippen LogP contribution in [0.25, 0.3) is 12.2 Å². The van der Waals surface area contributed by atoms with E-state index in [2.05, 4.69) is 12.2 Å². The third-order valence-corrected chi connectivity index (χ3v) is 2.52. The van der Waals surface area contributed by atoms with Gasteiger partial charge in [0, 0.05) is 5.69 Å². The molecule has 0 aliphatic carbocycles. The monoisotopic (exact) mass is 225 g/mol. The van der Waals surface area contributed by atoms with Crippen LogP contribution in [0.1, 0.15) is 11.1 Å². The van der Waals surface area contributed by atoms with E-state index in [0.29, 0.717) is 0 Å². The Morgan fingerprint density at radius 1 is 0.824 bits per heavy atom. The Balaban J connectivity index is 2.11. The number of rotatable bonds is 3. The Morgan fingerprint density at radius 3 is 1.76 bits per heavy atom. The Morgan fingerprint density at radius 2 is 1.29 bits per heavy atom. The molecule has 2 rings (SSSR count). The highest BCUT2D eigenvalue weighted by molar-refractivity contribution is 5.70. The van der Waals surface area contributed by atoms with E-state index in [9.17, 15) is 0 Å². The molecule has 2 aromatic rings. The van der Waals surface area contributed by atoms with Gasteiger partial charge in [-0.3, -0.25) is 0 Å². The zero-order valence-corrected chi connectivity index (χ0v) is 9.76. The molecular formula is C15H15NO. The largest absolute Gasteiger partial charge is 0.497 e. The van der Waals surface area contributed by atoms with E-state index in [-0.39, 0.29) is 0 Å². The Hall–Kier alpha value is -2.22. The zero-order valence-electron chi connectivity index (χ0n) is 9.76. The van der Waals surface area contributed by atoms with Crippen molar-refractivity contribution in [2.75, 3.05) is 12.8 Å². The van der Waals surface area contributed by atoms with E-state index in [0.717, 1.165) is 22.6 Å². The minimum Gasteiger partial charge on any atom is -0.497 e. The minimum absolute atomic E-state index is 0.784. The Bertz CT molecular complexity index is 497. The highest BCUT2D eigenvalue weighted by Crippen LogP contribution is 2.14. The van der Waals surface area contributed by atoms with Crippen molar-refractivity contribution in [1.29, 1.82) is 0 Å². The van der Waals surface area contributed by atoms with Crippen LogP contribution in [0.5, 0.6) is 5.75 Å². The van der Waals surface area contributed by atoms with E-state index in [1.165, 1.54) is 0 Å². The molecule has 17 heavy (non-hydrogen) atoms. The van der Waals surface area contributed by atoms with Crippen LogP contribution in [-0.4, -0.2) is 7.11 Å². The van der Waals surface area contributed by atoms with Crippen LogP contribution >= 0.6 is 0 Å². The van der Waals surface area contributed by atoms with Crippen molar-refractivity contribution in [3.8, 4) is 5.75 Å². The standard InChI is InChI=1S/C15H15NO/c1-17-15-10-6-13(7-11-15)3-2-12-4-8-14(16)9-5-12/h2-11H,16H2,1H3/b3-2+. The van der Waals surface area contributed by atoms with Gasteiger partial charge in [0.25, 0.3) is 0 Å². The molecule has 0 saturated heterocycles. The van der Waals surface area contributed by atoms with Crippen molar-refractivity contribution >= 4 is 17.8 Å². The maximum absolute atomic E-state index is 5.63. The van der Waals surface area contributed by atoms with Gasteiger partial charge in [0.15, 0.2) is 0 Å². The lowest BCUT2D eigenvalue weighted by Crippen LogP contribution is -1.83. The molecule has 0 amide bonds. The third kappa shape index (κ3) is 3.11. The number of benzene rings is 2. The maximum atomic E-state index is 5.63. The van der Waals surface area contributed by atoms with Crippen molar-refractivity contribution in [3.05, 3.63) is 59.7 Å². The van der Waals surface area contributed by atoms with Gasteiger partial charge in [0.1, 0.15) is 5.75 Å². The van der Waals surface area contributed by atoms with Gasteiger partial charge in [-0.1, -0.05) is 36.4 Å². The summed E-state index contributed by atoms with van der Waals surface area (Å²) in [5, 5.41) is 0. The molecule has 0 aliphatic heterocycles. The molecule has 0 saturated carbocycles. The van der Waals surface area contributed by atoms with Gasteiger partial charge in [-0.15, -0.1) is 0 Å². The Kier molecular flexibility index (Phi) is 3.46. The number of nitrogen functional groups attached to an aromatic ring is 1. The van der Waals surface area contributed by atoms with Gasteiger partial charge in [-0.25, -0.2) is 0 Å². The highest BCUT2D eigenvalue weighted by atomic mass is 16.5. The fraction of sp³-hybridized carbons (Fsp3) is 0.0667. The van der Waals surface area contributed by atoms with Crippen molar-refractivity contribution < 1.29 is 4.74 Å². The zero-order chi connectivity index (χ0) is 12.1. The molecule has 0 unspecified atom stereocenters. The molecule has 2 N–H and O–H groups in total. The van der Waals surface area contributed by atoms with Crippen LogP contribution in [0.15, 0.2) is 48.5 Å². The van der Waals surface area contributed by atoms with Gasteiger partial charge < -0.3 is 10.5 Å². The summed E-state index contributed by atoms with van der Waals surface area (Å²) >= 11 is 0. The first-order valence-corrected chi connectivity index (χ1v) is 5.45. The average molecular weight is 225 g/mol. The van der Waals surface area contributed by atoms with Crippen LogP contribution in [0.3, 0.4) is 0 Å². The first kappa shape index (κ1) is 11.3. The molecule has 0 atom stereocenters. The van der Waals surface area contributed by atoms with Gasteiger partial charge in [-0.05, 0) is 35.4 Å². The quantitative estimate of drug-likeness (QED) is 0.641. The third-order valence-electron chi connectivity index (χ3n) is 2.52. The fourth-order valence-electron chi connectivity index (χ4n) is 1.51. The summed E-state index contributed by atoms with van der Waals surface area (Å²) in [4.78, 5) is 0. The van der Waals surface area contributed by atoms with E-state index in [1.54, 1.807) is 7.11 Å². The number of methoxy groups -OCH3 is 1. The second kappa shape index (κ2) is 5.21. The van der Waals surface area contributed by atoms with Crippen LogP contribution in [0.2, 0.25) is 0 Å². The molecule has 0 fully saturated rings.